The predicted molar refractivity (Wildman–Crippen MR) is 39.6 cm³/mol. The number of aliphatic hydroxyl groups excluding tert-OH is 1. The van der Waals surface area contributed by atoms with Gasteiger partial charge >= 0.3 is 0 Å². The van der Waals surface area contributed by atoms with Crippen LogP contribution in [0.25, 0.3) is 0 Å². The van der Waals surface area contributed by atoms with Crippen LogP contribution in [0.4, 0.5) is 11.5 Å². The molecule has 0 fully saturated rings. The van der Waals surface area contributed by atoms with E-state index in [-0.39, 0.29) is 19.0 Å². The predicted octanol–water partition coefficient (Wildman–Crippen LogP) is -1.53. The Morgan fingerprint density at radius 1 is 1.64 bits per heavy atom. The molecular formula is C5H10N4O2. The summed E-state index contributed by atoms with van der Waals surface area (Å²) in [6.45, 7) is 0.0600. The number of hydrogen-bond acceptors (Lipinski definition) is 5. The molecule has 0 bridgehead atoms. The van der Waals surface area contributed by atoms with E-state index in [1.54, 1.807) is 0 Å². The maximum absolute atomic E-state index is 8.39. The zero-order valence-corrected chi connectivity index (χ0v) is 5.90. The molecule has 0 amide bonds. The van der Waals surface area contributed by atoms with Gasteiger partial charge in [0.05, 0.1) is 18.5 Å². The molecule has 0 aromatic carbocycles. The molecule has 6 nitrogen and oxygen atoms in total. The molecule has 5 N–H and O–H groups in total. The summed E-state index contributed by atoms with van der Waals surface area (Å²) in [5.41, 5.74) is 11.1. The van der Waals surface area contributed by atoms with E-state index in [4.69, 9.17) is 21.4 Å². The first-order valence-electron chi connectivity index (χ1n) is 3.09. The summed E-state index contributed by atoms with van der Waals surface area (Å²) < 4.78 is 0. The minimum atomic E-state index is -0.0841. The van der Waals surface area contributed by atoms with Crippen LogP contribution in [-0.2, 0) is 0 Å². The van der Waals surface area contributed by atoms with Crippen LogP contribution in [0.3, 0.4) is 0 Å². The summed E-state index contributed by atoms with van der Waals surface area (Å²) in [6.07, 6.45) is 1.38. The van der Waals surface area contributed by atoms with Crippen LogP contribution in [-0.4, -0.2) is 28.3 Å². The fourth-order valence-corrected chi connectivity index (χ4v) is 0.584. The van der Waals surface area contributed by atoms with Crippen molar-refractivity contribution in [3.8, 4) is 0 Å². The Balaban J connectivity index is 2.63. The van der Waals surface area contributed by atoms with E-state index in [1.165, 1.54) is 6.20 Å². The Labute approximate surface area is 63.3 Å². The molecule has 0 unspecified atom stereocenters. The van der Waals surface area contributed by atoms with Gasteiger partial charge in [-0.1, -0.05) is 4.85 Å². The first kappa shape index (κ1) is 7.67. The summed E-state index contributed by atoms with van der Waals surface area (Å²) in [5, 5.41) is 12.1. The molecule has 1 aromatic rings. The van der Waals surface area contributed by atoms with Gasteiger partial charge in [-0.15, -0.1) is 5.10 Å². The fourth-order valence-electron chi connectivity index (χ4n) is 0.584. The highest BCUT2D eigenvalue weighted by molar-refractivity contribution is 5.56. The molecule has 0 spiro atoms. The van der Waals surface area contributed by atoms with Crippen LogP contribution in [0, 0.1) is 0 Å². The lowest BCUT2D eigenvalue weighted by atomic mass is 10.5. The number of aromatic nitrogens is 2. The molecule has 0 aliphatic carbocycles. The lowest BCUT2D eigenvalue weighted by Gasteiger charge is -2.03. The molecule has 1 aromatic heterocycles. The number of aliphatic hydroxyl groups is 1. The number of hydrogen-bond donors (Lipinski definition) is 3. The molecule has 0 aliphatic rings. The van der Waals surface area contributed by atoms with Crippen LogP contribution in [0.15, 0.2) is 6.20 Å². The molecular weight excluding hydrogens is 148 g/mol. The largest absolute Gasteiger partial charge is 0.394 e. The molecule has 0 aliphatic heterocycles. The van der Waals surface area contributed by atoms with Gasteiger partial charge in [0.25, 0.3) is 0 Å². The van der Waals surface area contributed by atoms with Crippen molar-refractivity contribution in [3.05, 3.63) is 6.20 Å². The maximum atomic E-state index is 8.39. The second-order valence-corrected chi connectivity index (χ2v) is 1.91. The first-order valence-corrected chi connectivity index (χ1v) is 3.09. The summed E-state index contributed by atoms with van der Waals surface area (Å²) in [6, 6.07) is 0. The lowest BCUT2D eigenvalue weighted by Crippen LogP contribution is -2.18. The van der Waals surface area contributed by atoms with E-state index in [0.717, 1.165) is 4.85 Å². The third-order valence-corrected chi connectivity index (χ3v) is 1.11. The van der Waals surface area contributed by atoms with Crippen LogP contribution < -0.4 is 16.3 Å². The van der Waals surface area contributed by atoms with Crippen molar-refractivity contribution < 1.29 is 9.94 Å². The van der Waals surface area contributed by atoms with Gasteiger partial charge in [-0.25, -0.2) is 0 Å². The Kier molecular flexibility index (Phi) is 2.17. The first-order chi connectivity index (χ1) is 5.25. The molecule has 6 heteroatoms. The SMILES string of the molecule is Nc1cnn(OCCO)c1N. The van der Waals surface area contributed by atoms with Crippen LogP contribution in [0.2, 0.25) is 0 Å². The van der Waals surface area contributed by atoms with Gasteiger partial charge in [-0.05, 0) is 0 Å². The Hall–Kier alpha value is -1.43. The second-order valence-electron chi connectivity index (χ2n) is 1.91. The van der Waals surface area contributed by atoms with Gasteiger partial charge in [0.2, 0.25) is 0 Å². The van der Waals surface area contributed by atoms with Crippen LogP contribution in [0.5, 0.6) is 0 Å². The minimum absolute atomic E-state index is 0.0841. The topological polar surface area (TPSA) is 99.3 Å². The summed E-state index contributed by atoms with van der Waals surface area (Å²) in [5.74, 6) is 0.249. The average Bonchev–Trinajstić information content (AvgIpc) is 2.31. The number of anilines is 2. The van der Waals surface area contributed by atoms with Gasteiger partial charge in [-0.3, -0.25) is 0 Å². The minimum Gasteiger partial charge on any atom is -0.394 e. The van der Waals surface area contributed by atoms with Gasteiger partial charge in [0.1, 0.15) is 6.61 Å². The standard InChI is InChI=1S/C5H10N4O2/c6-4-3-8-9(5(4)7)11-2-1-10/h3,10H,1-2,6-7H2. The molecule has 0 saturated heterocycles. The fraction of sp³-hybridized carbons (Fsp3) is 0.400. The molecule has 0 atom stereocenters. The highest BCUT2D eigenvalue weighted by atomic mass is 16.7. The zero-order chi connectivity index (χ0) is 8.27. The van der Waals surface area contributed by atoms with Crippen molar-refractivity contribution in [2.24, 2.45) is 0 Å². The van der Waals surface area contributed by atoms with E-state index >= 15 is 0 Å². The van der Waals surface area contributed by atoms with E-state index in [0.29, 0.717) is 5.69 Å². The third kappa shape index (κ3) is 1.53. The molecule has 62 valence electrons. The summed E-state index contributed by atoms with van der Waals surface area (Å²) >= 11 is 0. The van der Waals surface area contributed by atoms with E-state index in [9.17, 15) is 0 Å². The molecule has 0 saturated carbocycles. The zero-order valence-electron chi connectivity index (χ0n) is 5.90. The van der Waals surface area contributed by atoms with E-state index in [1.807, 2.05) is 0 Å². The smallest absolute Gasteiger partial charge is 0.186 e. The number of rotatable bonds is 3. The number of nitrogens with two attached hydrogens (primary N) is 2. The molecule has 1 rings (SSSR count). The Morgan fingerprint density at radius 2 is 2.36 bits per heavy atom. The van der Waals surface area contributed by atoms with Crippen molar-refractivity contribution >= 4 is 11.5 Å². The van der Waals surface area contributed by atoms with Gasteiger partial charge < -0.3 is 21.4 Å². The number of nitrogen functional groups attached to an aromatic ring is 2. The van der Waals surface area contributed by atoms with Crippen molar-refractivity contribution in [1.82, 2.24) is 9.94 Å². The Morgan fingerprint density at radius 3 is 2.82 bits per heavy atom. The second kappa shape index (κ2) is 3.11. The van der Waals surface area contributed by atoms with Crippen molar-refractivity contribution in [2.75, 3.05) is 24.7 Å². The van der Waals surface area contributed by atoms with E-state index in [2.05, 4.69) is 5.10 Å². The maximum Gasteiger partial charge on any atom is 0.186 e. The average molecular weight is 158 g/mol. The van der Waals surface area contributed by atoms with Crippen molar-refractivity contribution in [2.45, 2.75) is 0 Å². The van der Waals surface area contributed by atoms with Gasteiger partial charge in [0, 0.05) is 0 Å². The molecule has 11 heavy (non-hydrogen) atoms. The summed E-state index contributed by atoms with van der Waals surface area (Å²) in [7, 11) is 0. The third-order valence-electron chi connectivity index (χ3n) is 1.11. The quantitative estimate of drug-likeness (QED) is 0.495. The van der Waals surface area contributed by atoms with Gasteiger partial charge in [-0.2, -0.15) is 0 Å². The normalized spacial score (nSPS) is 9.91. The molecule has 1 heterocycles. The van der Waals surface area contributed by atoms with Crippen molar-refractivity contribution in [1.29, 1.82) is 0 Å². The lowest BCUT2D eigenvalue weighted by molar-refractivity contribution is 0.0580. The Bertz CT molecular complexity index is 234. The molecule has 0 radical (unpaired) electrons. The van der Waals surface area contributed by atoms with Crippen LogP contribution in [0.1, 0.15) is 0 Å². The highest BCUT2D eigenvalue weighted by Crippen LogP contribution is 2.09. The number of nitrogens with zero attached hydrogens (tertiary/aromatic N) is 2. The van der Waals surface area contributed by atoms with Crippen molar-refractivity contribution in [3.63, 3.8) is 0 Å². The summed E-state index contributed by atoms with van der Waals surface area (Å²) in [4.78, 5) is 5.93. The van der Waals surface area contributed by atoms with E-state index < -0.39 is 0 Å². The highest BCUT2D eigenvalue weighted by Gasteiger charge is 2.02. The van der Waals surface area contributed by atoms with Crippen LogP contribution >= 0.6 is 0 Å². The monoisotopic (exact) mass is 158 g/mol. The van der Waals surface area contributed by atoms with Gasteiger partial charge in [0.15, 0.2) is 5.82 Å².